The van der Waals surface area contributed by atoms with Gasteiger partial charge in [0.2, 0.25) is 10.0 Å². The highest BCUT2D eigenvalue weighted by atomic mass is 32.2. The predicted octanol–water partition coefficient (Wildman–Crippen LogP) is 1.02. The van der Waals surface area contributed by atoms with Crippen LogP contribution in [-0.4, -0.2) is 55.2 Å². The van der Waals surface area contributed by atoms with Crippen molar-refractivity contribution >= 4 is 15.9 Å². The van der Waals surface area contributed by atoms with Crippen molar-refractivity contribution in [2.45, 2.75) is 17.7 Å². The number of hydrogen-bond acceptors (Lipinski definition) is 5. The third kappa shape index (κ3) is 5.30. The lowest BCUT2D eigenvalue weighted by Crippen LogP contribution is -2.43. The second-order valence-electron chi connectivity index (χ2n) is 6.63. The van der Waals surface area contributed by atoms with Crippen LogP contribution in [0.15, 0.2) is 47.6 Å². The van der Waals surface area contributed by atoms with E-state index in [4.69, 9.17) is 4.74 Å². The molecule has 0 bridgehead atoms. The molecule has 8 nitrogen and oxygen atoms in total. The Bertz CT molecular complexity index is 858. The smallest absolute Gasteiger partial charge is 0.260 e. The van der Waals surface area contributed by atoms with E-state index in [0.29, 0.717) is 25.4 Å². The van der Waals surface area contributed by atoms with Gasteiger partial charge in [0.25, 0.3) is 5.91 Å². The molecule has 1 amide bonds. The first-order chi connectivity index (χ1) is 12.9. The van der Waals surface area contributed by atoms with Gasteiger partial charge in [-0.05, 0) is 30.9 Å². The Hall–Kier alpha value is -2.39. The number of aryl methyl sites for hydroxylation is 1. The number of piperidine rings is 1. The summed E-state index contributed by atoms with van der Waals surface area (Å²) in [5, 5.41) is 3.89. The third-order valence-corrected chi connectivity index (χ3v) is 6.00. The zero-order valence-electron chi connectivity index (χ0n) is 15.2. The van der Waals surface area contributed by atoms with E-state index in [9.17, 15) is 13.2 Å². The maximum atomic E-state index is 12.3. The number of aromatic nitrogens is 2. The average molecular weight is 392 g/mol. The highest BCUT2D eigenvalue weighted by molar-refractivity contribution is 7.89. The van der Waals surface area contributed by atoms with E-state index in [1.807, 2.05) is 30.3 Å². The molecule has 0 spiro atoms. The van der Waals surface area contributed by atoms with Crippen LogP contribution in [0.1, 0.15) is 12.8 Å². The zero-order chi connectivity index (χ0) is 19.3. The van der Waals surface area contributed by atoms with Gasteiger partial charge in [-0.2, -0.15) is 5.10 Å². The fourth-order valence-electron chi connectivity index (χ4n) is 2.99. The molecule has 0 aliphatic carbocycles. The van der Waals surface area contributed by atoms with Crippen LogP contribution in [0, 0.1) is 5.92 Å². The number of amides is 1. The first kappa shape index (κ1) is 19.4. The molecule has 9 heteroatoms. The van der Waals surface area contributed by atoms with Gasteiger partial charge >= 0.3 is 0 Å². The van der Waals surface area contributed by atoms with Gasteiger partial charge in [-0.15, -0.1) is 0 Å². The minimum atomic E-state index is -3.54. The second-order valence-corrected chi connectivity index (χ2v) is 8.39. The highest BCUT2D eigenvalue weighted by Gasteiger charge is 2.25. The molecule has 0 saturated carbocycles. The van der Waals surface area contributed by atoms with Crippen LogP contribution < -0.4 is 9.46 Å². The first-order valence-corrected chi connectivity index (χ1v) is 10.4. The molecule has 1 saturated heterocycles. The van der Waals surface area contributed by atoms with Crippen molar-refractivity contribution in [1.82, 2.24) is 19.4 Å². The second kappa shape index (κ2) is 8.53. The van der Waals surface area contributed by atoms with Crippen LogP contribution >= 0.6 is 0 Å². The Labute approximate surface area is 159 Å². The van der Waals surface area contributed by atoms with Crippen LogP contribution in [0.2, 0.25) is 0 Å². The third-order valence-electron chi connectivity index (χ3n) is 4.63. The number of rotatable bonds is 7. The normalized spacial score (nSPS) is 15.7. The topological polar surface area (TPSA) is 93.5 Å². The number of nitrogens with zero attached hydrogens (tertiary/aromatic N) is 3. The molecule has 1 N–H and O–H groups in total. The van der Waals surface area contributed by atoms with Crippen LogP contribution in [0.4, 0.5) is 0 Å². The van der Waals surface area contributed by atoms with Gasteiger partial charge in [-0.25, -0.2) is 13.1 Å². The standard InChI is InChI=1S/C18H24N4O4S/c1-21-13-17(12-19-21)27(24,25)20-11-15-7-9-22(10-8-15)18(23)14-26-16-5-3-2-4-6-16/h2-6,12-13,15,20H,7-11,14H2,1H3. The minimum Gasteiger partial charge on any atom is -0.484 e. The van der Waals surface area contributed by atoms with Gasteiger partial charge < -0.3 is 9.64 Å². The molecule has 27 heavy (non-hydrogen) atoms. The number of ether oxygens (including phenoxy) is 1. The van der Waals surface area contributed by atoms with Crippen molar-refractivity contribution in [2.24, 2.45) is 13.0 Å². The highest BCUT2D eigenvalue weighted by Crippen LogP contribution is 2.18. The summed E-state index contributed by atoms with van der Waals surface area (Å²) in [6.07, 6.45) is 4.31. The predicted molar refractivity (Wildman–Crippen MR) is 99.6 cm³/mol. The molecule has 1 aromatic heterocycles. The minimum absolute atomic E-state index is 0.0162. The molecule has 146 valence electrons. The Morgan fingerprint density at radius 1 is 1.26 bits per heavy atom. The Morgan fingerprint density at radius 2 is 1.96 bits per heavy atom. The number of benzene rings is 1. The van der Waals surface area contributed by atoms with Gasteiger partial charge in [0.1, 0.15) is 10.6 Å². The van der Waals surface area contributed by atoms with Gasteiger partial charge in [0.15, 0.2) is 6.61 Å². The van der Waals surface area contributed by atoms with E-state index in [2.05, 4.69) is 9.82 Å². The quantitative estimate of drug-likeness (QED) is 0.759. The number of carbonyl (C=O) groups excluding carboxylic acids is 1. The molecule has 0 radical (unpaired) electrons. The van der Waals surface area contributed by atoms with Crippen LogP contribution in [-0.2, 0) is 21.9 Å². The molecule has 3 rings (SSSR count). The van der Waals surface area contributed by atoms with Gasteiger partial charge in [0, 0.05) is 32.9 Å². The number of sulfonamides is 1. The summed E-state index contributed by atoms with van der Waals surface area (Å²) in [6, 6.07) is 9.24. The van der Waals surface area contributed by atoms with E-state index < -0.39 is 10.0 Å². The lowest BCUT2D eigenvalue weighted by Gasteiger charge is -2.32. The summed E-state index contributed by atoms with van der Waals surface area (Å²) >= 11 is 0. The molecule has 2 heterocycles. The number of para-hydroxylation sites is 1. The first-order valence-electron chi connectivity index (χ1n) is 8.88. The summed E-state index contributed by atoms with van der Waals surface area (Å²) in [6.45, 7) is 1.59. The number of hydrogen-bond donors (Lipinski definition) is 1. The number of likely N-dealkylation sites (tertiary alicyclic amines) is 1. The van der Waals surface area contributed by atoms with Gasteiger partial charge in [0.05, 0.1) is 6.20 Å². The monoisotopic (exact) mass is 392 g/mol. The lowest BCUT2D eigenvalue weighted by molar-refractivity contribution is -0.134. The molecule has 1 aliphatic heterocycles. The summed E-state index contributed by atoms with van der Waals surface area (Å²) in [7, 11) is -1.87. The van der Waals surface area contributed by atoms with Crippen LogP contribution in [0.3, 0.4) is 0 Å². The van der Waals surface area contributed by atoms with E-state index >= 15 is 0 Å². The van der Waals surface area contributed by atoms with Crippen molar-refractivity contribution in [2.75, 3.05) is 26.2 Å². The Morgan fingerprint density at radius 3 is 2.59 bits per heavy atom. The molecule has 1 aliphatic rings. The van der Waals surface area contributed by atoms with Crippen molar-refractivity contribution in [3.05, 3.63) is 42.7 Å². The Balaban J connectivity index is 1.41. The lowest BCUT2D eigenvalue weighted by atomic mass is 9.97. The summed E-state index contributed by atoms with van der Waals surface area (Å²) in [4.78, 5) is 14.2. The van der Waals surface area contributed by atoms with E-state index in [0.717, 1.165) is 12.8 Å². The molecule has 2 aromatic rings. The molecule has 1 aromatic carbocycles. The van der Waals surface area contributed by atoms with E-state index in [1.54, 1.807) is 11.9 Å². The van der Waals surface area contributed by atoms with Crippen molar-refractivity contribution in [3.63, 3.8) is 0 Å². The summed E-state index contributed by atoms with van der Waals surface area (Å²) in [5.41, 5.74) is 0. The molecule has 0 unspecified atom stereocenters. The van der Waals surface area contributed by atoms with Gasteiger partial charge in [-0.3, -0.25) is 9.48 Å². The average Bonchev–Trinajstić information content (AvgIpc) is 3.13. The van der Waals surface area contributed by atoms with E-state index in [1.165, 1.54) is 17.1 Å². The van der Waals surface area contributed by atoms with Crippen molar-refractivity contribution in [3.8, 4) is 5.75 Å². The fraction of sp³-hybridized carbons (Fsp3) is 0.444. The summed E-state index contributed by atoms with van der Waals surface area (Å²) in [5.74, 6) is 0.828. The van der Waals surface area contributed by atoms with Gasteiger partial charge in [-0.1, -0.05) is 18.2 Å². The maximum Gasteiger partial charge on any atom is 0.260 e. The SMILES string of the molecule is Cn1cc(S(=O)(=O)NCC2CCN(C(=O)COc3ccccc3)CC2)cn1. The van der Waals surface area contributed by atoms with Crippen molar-refractivity contribution < 1.29 is 17.9 Å². The summed E-state index contributed by atoms with van der Waals surface area (Å²) < 4.78 is 34.1. The molecular formula is C18H24N4O4S. The number of carbonyl (C=O) groups is 1. The molecular weight excluding hydrogens is 368 g/mol. The Kier molecular flexibility index (Phi) is 6.12. The fourth-order valence-corrected chi connectivity index (χ4v) is 4.09. The van der Waals surface area contributed by atoms with Crippen LogP contribution in [0.25, 0.3) is 0 Å². The van der Waals surface area contributed by atoms with E-state index in [-0.39, 0.29) is 23.3 Å². The maximum absolute atomic E-state index is 12.3. The van der Waals surface area contributed by atoms with Crippen LogP contribution in [0.5, 0.6) is 5.75 Å². The zero-order valence-corrected chi connectivity index (χ0v) is 16.1. The molecule has 0 atom stereocenters. The van der Waals surface area contributed by atoms with Crippen molar-refractivity contribution in [1.29, 1.82) is 0 Å². The molecule has 1 fully saturated rings. The number of nitrogens with one attached hydrogen (secondary N) is 1. The largest absolute Gasteiger partial charge is 0.484 e.